The van der Waals surface area contributed by atoms with Crippen molar-refractivity contribution in [3.8, 4) is 0 Å². The van der Waals surface area contributed by atoms with Gasteiger partial charge in [-0.15, -0.1) is 0 Å². The molecule has 0 aliphatic carbocycles. The minimum Gasteiger partial charge on any atom is -0.462 e. The predicted octanol–water partition coefficient (Wildman–Crippen LogP) is 19.9. The van der Waals surface area contributed by atoms with E-state index in [1.165, 1.54) is 283 Å². The molecule has 0 rings (SSSR count). The van der Waals surface area contributed by atoms with Crippen molar-refractivity contribution in [1.82, 2.24) is 0 Å². The van der Waals surface area contributed by atoms with Crippen molar-refractivity contribution in [2.75, 3.05) is 26.4 Å². The maximum atomic E-state index is 12.7. The summed E-state index contributed by atoms with van der Waals surface area (Å²) in [6.07, 6.45) is 66.1. The summed E-state index contributed by atoms with van der Waals surface area (Å²) in [5, 5.41) is 0. The molecule has 10 heteroatoms. The minimum atomic E-state index is -4.38. The molecule has 0 heterocycles. The molecule has 0 saturated heterocycles. The van der Waals surface area contributed by atoms with Crippen LogP contribution in [0.25, 0.3) is 0 Å². The summed E-state index contributed by atoms with van der Waals surface area (Å²) in [6, 6.07) is 0. The summed E-state index contributed by atoms with van der Waals surface area (Å²) in [7, 11) is -4.38. The van der Waals surface area contributed by atoms with Gasteiger partial charge in [0.1, 0.15) is 6.61 Å². The van der Waals surface area contributed by atoms with Crippen LogP contribution in [0.15, 0.2) is 0 Å². The second kappa shape index (κ2) is 58.3. The van der Waals surface area contributed by atoms with Crippen molar-refractivity contribution in [3.05, 3.63) is 0 Å². The Morgan fingerprint density at radius 1 is 0.366 bits per heavy atom. The number of carbonyl (C=O) groups excluding carboxylic acids is 2. The van der Waals surface area contributed by atoms with Gasteiger partial charge in [0.2, 0.25) is 0 Å². The smallest absolute Gasteiger partial charge is 0.462 e. The van der Waals surface area contributed by atoms with E-state index in [1.54, 1.807) is 0 Å². The lowest BCUT2D eigenvalue weighted by Gasteiger charge is -2.19. The van der Waals surface area contributed by atoms with Crippen LogP contribution in [0.3, 0.4) is 0 Å². The Morgan fingerprint density at radius 2 is 0.606 bits per heavy atom. The fourth-order valence-corrected chi connectivity index (χ4v) is 10.6. The quantitative estimate of drug-likeness (QED) is 0.0347. The zero-order chi connectivity index (χ0) is 51.7. The highest BCUT2D eigenvalue weighted by atomic mass is 31.2. The molecule has 0 radical (unpaired) electrons. The maximum absolute atomic E-state index is 12.7. The van der Waals surface area contributed by atoms with Crippen LogP contribution in [0.5, 0.6) is 0 Å². The summed E-state index contributed by atoms with van der Waals surface area (Å²) in [4.78, 5) is 35.2. The van der Waals surface area contributed by atoms with E-state index in [0.717, 1.165) is 32.1 Å². The first-order chi connectivity index (χ1) is 34.8. The van der Waals surface area contributed by atoms with Crippen LogP contribution in [-0.2, 0) is 32.7 Å². The molecule has 0 aromatic carbocycles. The molecule has 0 saturated carbocycles. The van der Waals surface area contributed by atoms with Gasteiger partial charge in [0.05, 0.1) is 13.2 Å². The predicted molar refractivity (Wildman–Crippen MR) is 303 cm³/mol. The van der Waals surface area contributed by atoms with Crippen molar-refractivity contribution in [2.45, 2.75) is 354 Å². The van der Waals surface area contributed by atoms with Gasteiger partial charge >= 0.3 is 19.8 Å². The average molecular weight is 1030 g/mol. The fraction of sp³-hybridized carbons (Fsp3) is 0.967. The largest absolute Gasteiger partial charge is 0.472 e. The van der Waals surface area contributed by atoms with Gasteiger partial charge in [0, 0.05) is 19.4 Å². The first kappa shape index (κ1) is 70.0. The van der Waals surface area contributed by atoms with Gasteiger partial charge < -0.3 is 20.1 Å². The van der Waals surface area contributed by atoms with Gasteiger partial charge in [0.25, 0.3) is 0 Å². The van der Waals surface area contributed by atoms with Gasteiger partial charge in [-0.25, -0.2) is 4.57 Å². The Kier molecular flexibility index (Phi) is 57.5. The SMILES string of the molecule is CCCCCCCCCCCCCCCCCCCCCCCCCCCC(=O)OCC(COP(=O)(O)OCCN)OC(=O)CCCCCCCCCCCCCCCCCCCCCCCCCCC. The molecule has 9 nitrogen and oxygen atoms in total. The molecule has 0 spiro atoms. The van der Waals surface area contributed by atoms with E-state index in [-0.39, 0.29) is 32.1 Å². The number of nitrogens with two attached hydrogens (primary N) is 1. The van der Waals surface area contributed by atoms with E-state index >= 15 is 0 Å². The molecule has 2 unspecified atom stereocenters. The number of carbonyl (C=O) groups is 2. The monoisotopic (exact) mass is 1030 g/mol. The number of phosphoric acid groups is 1. The lowest BCUT2D eigenvalue weighted by Crippen LogP contribution is -2.29. The standard InChI is InChI=1S/C61H122NO8P/c1-3-5-7-9-11-13-15-17-19-21-23-25-27-29-31-33-35-37-39-41-43-45-47-49-51-53-60(63)67-57-59(58-69-71(65,66)68-56-55-62)70-61(64)54-52-50-48-46-44-42-40-38-36-34-32-30-28-26-24-22-20-18-16-14-12-10-8-6-4-2/h59H,3-58,62H2,1-2H3,(H,65,66). The van der Waals surface area contributed by atoms with Crippen molar-refractivity contribution in [1.29, 1.82) is 0 Å². The Hall–Kier alpha value is -0.990. The lowest BCUT2D eigenvalue weighted by atomic mass is 10.0. The van der Waals surface area contributed by atoms with Gasteiger partial charge in [-0.3, -0.25) is 18.6 Å². The van der Waals surface area contributed by atoms with Crippen molar-refractivity contribution >= 4 is 19.8 Å². The number of unbranched alkanes of at least 4 members (excludes halogenated alkanes) is 48. The Bertz CT molecular complexity index is 1130. The van der Waals surface area contributed by atoms with Crippen molar-refractivity contribution < 1.29 is 37.6 Å². The number of ether oxygens (including phenoxy) is 2. The van der Waals surface area contributed by atoms with Gasteiger partial charge in [-0.2, -0.15) is 0 Å². The van der Waals surface area contributed by atoms with Crippen LogP contribution >= 0.6 is 7.82 Å². The molecular weight excluding hydrogens is 906 g/mol. The second-order valence-corrected chi connectivity index (χ2v) is 23.1. The highest BCUT2D eigenvalue weighted by Gasteiger charge is 2.26. The summed E-state index contributed by atoms with van der Waals surface area (Å²) in [5.74, 6) is -0.800. The molecule has 424 valence electrons. The number of phosphoric ester groups is 1. The lowest BCUT2D eigenvalue weighted by molar-refractivity contribution is -0.161. The Morgan fingerprint density at radius 3 is 0.859 bits per heavy atom. The molecule has 0 aromatic heterocycles. The molecule has 2 atom stereocenters. The van der Waals surface area contributed by atoms with E-state index in [1.807, 2.05) is 0 Å². The molecule has 3 N–H and O–H groups in total. The van der Waals surface area contributed by atoms with Crippen LogP contribution < -0.4 is 5.73 Å². The van der Waals surface area contributed by atoms with Crippen molar-refractivity contribution in [3.63, 3.8) is 0 Å². The molecule has 0 amide bonds. The Balaban J connectivity index is 3.86. The molecule has 71 heavy (non-hydrogen) atoms. The highest BCUT2D eigenvalue weighted by molar-refractivity contribution is 7.47. The fourth-order valence-electron chi connectivity index (χ4n) is 9.82. The molecular formula is C61H122NO8P. The Labute approximate surface area is 441 Å². The second-order valence-electron chi connectivity index (χ2n) is 21.7. The van der Waals surface area contributed by atoms with Crippen LogP contribution in [0.2, 0.25) is 0 Å². The topological polar surface area (TPSA) is 134 Å². The van der Waals surface area contributed by atoms with E-state index in [9.17, 15) is 19.0 Å². The molecule has 0 fully saturated rings. The maximum Gasteiger partial charge on any atom is 0.472 e. The first-order valence-corrected chi connectivity index (χ1v) is 33.0. The van der Waals surface area contributed by atoms with Crippen LogP contribution in [0.1, 0.15) is 348 Å². The van der Waals surface area contributed by atoms with Gasteiger partial charge in [0.15, 0.2) is 6.10 Å². The van der Waals surface area contributed by atoms with E-state index in [0.29, 0.717) is 12.8 Å². The number of hydrogen-bond donors (Lipinski definition) is 2. The third kappa shape index (κ3) is 58.1. The van der Waals surface area contributed by atoms with Gasteiger partial charge in [-0.1, -0.05) is 322 Å². The van der Waals surface area contributed by atoms with E-state index in [2.05, 4.69) is 13.8 Å². The number of esters is 2. The molecule has 0 bridgehead atoms. The average Bonchev–Trinajstić information content (AvgIpc) is 3.36. The summed E-state index contributed by atoms with van der Waals surface area (Å²) < 4.78 is 33.1. The number of hydrogen-bond acceptors (Lipinski definition) is 8. The molecule has 0 aliphatic heterocycles. The number of rotatable bonds is 61. The molecule has 0 aromatic rings. The van der Waals surface area contributed by atoms with Crippen LogP contribution in [-0.4, -0.2) is 49.3 Å². The van der Waals surface area contributed by atoms with Crippen molar-refractivity contribution in [2.24, 2.45) is 5.73 Å². The van der Waals surface area contributed by atoms with Crippen LogP contribution in [0.4, 0.5) is 0 Å². The molecule has 0 aliphatic rings. The normalized spacial score (nSPS) is 12.9. The third-order valence-corrected chi connectivity index (χ3v) is 15.5. The first-order valence-electron chi connectivity index (χ1n) is 31.5. The zero-order valence-electron chi connectivity index (χ0n) is 47.5. The highest BCUT2D eigenvalue weighted by Crippen LogP contribution is 2.43. The summed E-state index contributed by atoms with van der Waals surface area (Å²) in [5.41, 5.74) is 5.39. The van der Waals surface area contributed by atoms with E-state index in [4.69, 9.17) is 24.3 Å². The summed E-state index contributed by atoms with van der Waals surface area (Å²) in [6.45, 7) is 3.84. The van der Waals surface area contributed by atoms with E-state index < -0.39 is 26.5 Å². The summed E-state index contributed by atoms with van der Waals surface area (Å²) >= 11 is 0. The zero-order valence-corrected chi connectivity index (χ0v) is 48.4. The van der Waals surface area contributed by atoms with Gasteiger partial charge in [-0.05, 0) is 12.8 Å². The minimum absolute atomic E-state index is 0.0587. The third-order valence-electron chi connectivity index (χ3n) is 14.5. The van der Waals surface area contributed by atoms with Crippen LogP contribution in [0, 0.1) is 0 Å².